The lowest BCUT2D eigenvalue weighted by molar-refractivity contribution is -0.146. The highest BCUT2D eigenvalue weighted by atomic mass is 35.5. The maximum Gasteiger partial charge on any atom is 0.323 e. The lowest BCUT2D eigenvalue weighted by atomic mass is 9.98. The lowest BCUT2D eigenvalue weighted by Crippen LogP contribution is -2.54. The van der Waals surface area contributed by atoms with E-state index in [4.69, 9.17) is 5.84 Å². The van der Waals surface area contributed by atoms with Crippen LogP contribution in [0.4, 0.5) is 4.79 Å². The predicted octanol–water partition coefficient (Wildman–Crippen LogP) is 0.472. The summed E-state index contributed by atoms with van der Waals surface area (Å²) in [5.74, 6) is 3.32. The van der Waals surface area contributed by atoms with Gasteiger partial charge in [0, 0.05) is 32.2 Å². The van der Waals surface area contributed by atoms with Crippen LogP contribution in [0, 0.1) is 5.92 Å². The molecule has 0 bridgehead atoms. The van der Waals surface area contributed by atoms with Crippen LogP contribution >= 0.6 is 12.4 Å². The number of likely N-dealkylation sites (tertiary alicyclic amines) is 1. The Bertz CT molecular complexity index is 945. The molecule has 1 heterocycles. The first-order chi connectivity index (χ1) is 17.4. The van der Waals surface area contributed by atoms with Gasteiger partial charge in [0.05, 0.1) is 6.42 Å². The number of carboxylic acid groups (broad SMARTS) is 1. The van der Waals surface area contributed by atoms with E-state index in [0.717, 1.165) is 24.9 Å². The third kappa shape index (κ3) is 10.2. The molecule has 1 aromatic carbocycles. The second-order valence-corrected chi connectivity index (χ2v) is 9.23. The molecule has 2 fully saturated rings. The van der Waals surface area contributed by atoms with E-state index in [0.29, 0.717) is 25.9 Å². The fourth-order valence-corrected chi connectivity index (χ4v) is 4.29. The number of rotatable bonds is 12. The van der Waals surface area contributed by atoms with E-state index in [1.807, 2.05) is 35.2 Å². The fourth-order valence-electron chi connectivity index (χ4n) is 4.29. The zero-order chi connectivity index (χ0) is 25.9. The fraction of sp³-hybridized carbons (Fsp3) is 0.542. The van der Waals surface area contributed by atoms with Gasteiger partial charge in [-0.05, 0) is 37.2 Å². The molecule has 12 nitrogen and oxygen atoms in total. The molecule has 6 N–H and O–H groups in total. The van der Waals surface area contributed by atoms with Crippen LogP contribution in [0.2, 0.25) is 0 Å². The molecule has 4 amide bonds. The van der Waals surface area contributed by atoms with Crippen molar-refractivity contribution in [3.63, 3.8) is 0 Å². The Morgan fingerprint density at radius 3 is 2.54 bits per heavy atom. The van der Waals surface area contributed by atoms with Crippen molar-refractivity contribution in [3.8, 4) is 0 Å². The zero-order valence-corrected chi connectivity index (χ0v) is 21.5. The number of amides is 4. The minimum atomic E-state index is -1.19. The number of carboxylic acids is 1. The number of aliphatic carboxylic acids is 1. The lowest BCUT2D eigenvalue weighted by Gasteiger charge is -2.31. The maximum atomic E-state index is 13.2. The third-order valence-electron chi connectivity index (χ3n) is 6.23. The Labute approximate surface area is 222 Å². The molecular formula is C24H36ClN7O5. The molecule has 0 radical (unpaired) electrons. The molecule has 2 atom stereocenters. The van der Waals surface area contributed by atoms with Crippen molar-refractivity contribution in [3.05, 3.63) is 35.9 Å². The van der Waals surface area contributed by atoms with Crippen LogP contribution in [-0.4, -0.2) is 83.3 Å². The average molecular weight is 538 g/mol. The SMILES string of the molecule is Cl.NN=CN1CCC[C@@H](CNC(=O)C[C@H](NC(=O)NCc2ccccc2)C(=O)N(CC(=O)O)C2CC2)C1. The largest absolute Gasteiger partial charge is 0.480 e. The van der Waals surface area contributed by atoms with Crippen LogP contribution in [0.15, 0.2) is 35.4 Å². The summed E-state index contributed by atoms with van der Waals surface area (Å²) >= 11 is 0. The van der Waals surface area contributed by atoms with Gasteiger partial charge in [0.1, 0.15) is 18.9 Å². The summed E-state index contributed by atoms with van der Waals surface area (Å²) in [6, 6.07) is 7.27. The number of carbonyl (C=O) groups excluding carboxylic acids is 3. The number of halogens is 1. The van der Waals surface area contributed by atoms with E-state index in [9.17, 15) is 24.3 Å². The van der Waals surface area contributed by atoms with Crippen LogP contribution in [0.1, 0.15) is 37.7 Å². The van der Waals surface area contributed by atoms with Gasteiger partial charge < -0.3 is 36.7 Å². The first-order valence-corrected chi connectivity index (χ1v) is 12.2. The van der Waals surface area contributed by atoms with E-state index >= 15 is 0 Å². The number of hydrazone groups is 1. The molecule has 204 valence electrons. The molecule has 1 aliphatic carbocycles. The van der Waals surface area contributed by atoms with Gasteiger partial charge in [-0.15, -0.1) is 12.4 Å². The van der Waals surface area contributed by atoms with Gasteiger partial charge in [-0.2, -0.15) is 5.10 Å². The van der Waals surface area contributed by atoms with Crippen molar-refractivity contribution in [2.45, 2.75) is 50.7 Å². The number of piperidine rings is 1. The van der Waals surface area contributed by atoms with Crippen LogP contribution in [0.3, 0.4) is 0 Å². The summed E-state index contributed by atoms with van der Waals surface area (Å²) in [6.07, 6.45) is 4.57. The highest BCUT2D eigenvalue weighted by molar-refractivity contribution is 5.93. The standard InChI is InChI=1S/C24H35N7O5.ClH/c25-28-16-30-10-4-7-18(14-30)13-26-21(32)11-20(23(35)31(15-22(33)34)19-8-9-19)29-24(36)27-12-17-5-2-1-3-6-17;/h1-3,5-6,16,18-20H,4,7-15,25H2,(H,26,32)(H,33,34)(H2,27,29,36);1H/t18-,20-;/m0./s1. The molecule has 2 aliphatic rings. The topological polar surface area (TPSA) is 169 Å². The Kier molecular flexibility index (Phi) is 11.9. The summed E-state index contributed by atoms with van der Waals surface area (Å²) in [5.41, 5.74) is 0.875. The minimum Gasteiger partial charge on any atom is -0.480 e. The Morgan fingerprint density at radius 2 is 1.89 bits per heavy atom. The highest BCUT2D eigenvalue weighted by Crippen LogP contribution is 2.27. The molecule has 37 heavy (non-hydrogen) atoms. The Morgan fingerprint density at radius 1 is 1.16 bits per heavy atom. The Hall–Kier alpha value is -3.54. The smallest absolute Gasteiger partial charge is 0.323 e. The van der Waals surface area contributed by atoms with Crippen molar-refractivity contribution in [2.24, 2.45) is 16.9 Å². The second-order valence-electron chi connectivity index (χ2n) is 9.23. The van der Waals surface area contributed by atoms with Crippen molar-refractivity contribution in [2.75, 3.05) is 26.2 Å². The summed E-state index contributed by atoms with van der Waals surface area (Å²) in [4.78, 5) is 53.1. The van der Waals surface area contributed by atoms with E-state index in [2.05, 4.69) is 21.1 Å². The van der Waals surface area contributed by atoms with E-state index < -0.39 is 36.4 Å². The molecule has 3 rings (SSSR count). The molecule has 0 spiro atoms. The Balaban J connectivity index is 0.00000481. The van der Waals surface area contributed by atoms with Gasteiger partial charge in [-0.1, -0.05) is 30.3 Å². The van der Waals surface area contributed by atoms with E-state index in [1.54, 1.807) is 6.34 Å². The number of benzene rings is 1. The van der Waals surface area contributed by atoms with E-state index in [1.165, 1.54) is 4.90 Å². The van der Waals surface area contributed by atoms with Crippen molar-refractivity contribution < 1.29 is 24.3 Å². The van der Waals surface area contributed by atoms with Crippen molar-refractivity contribution >= 4 is 42.6 Å². The van der Waals surface area contributed by atoms with Crippen LogP contribution < -0.4 is 21.8 Å². The number of nitrogens with zero attached hydrogens (tertiary/aromatic N) is 3. The predicted molar refractivity (Wildman–Crippen MR) is 140 cm³/mol. The molecule has 1 saturated heterocycles. The minimum absolute atomic E-state index is 0. The monoisotopic (exact) mass is 537 g/mol. The third-order valence-corrected chi connectivity index (χ3v) is 6.23. The average Bonchev–Trinajstić information content (AvgIpc) is 3.70. The molecule has 0 unspecified atom stereocenters. The molecule has 13 heteroatoms. The summed E-state index contributed by atoms with van der Waals surface area (Å²) in [5, 5.41) is 20.9. The number of hydrogen-bond acceptors (Lipinski definition) is 6. The second kappa shape index (κ2) is 14.9. The normalized spacial score (nSPS) is 17.8. The van der Waals surface area contributed by atoms with E-state index in [-0.39, 0.29) is 37.3 Å². The zero-order valence-electron chi connectivity index (χ0n) is 20.7. The van der Waals surface area contributed by atoms with Gasteiger partial charge in [0.25, 0.3) is 0 Å². The van der Waals surface area contributed by atoms with Crippen molar-refractivity contribution in [1.82, 2.24) is 25.8 Å². The molecule has 1 saturated carbocycles. The molecule has 1 aliphatic heterocycles. The molecule has 0 aromatic heterocycles. The number of nitrogens with two attached hydrogens (primary N) is 1. The van der Waals surface area contributed by atoms with Crippen LogP contribution in [0.5, 0.6) is 0 Å². The highest BCUT2D eigenvalue weighted by Gasteiger charge is 2.38. The van der Waals surface area contributed by atoms with Gasteiger partial charge >= 0.3 is 12.0 Å². The van der Waals surface area contributed by atoms with Gasteiger partial charge in [-0.3, -0.25) is 14.4 Å². The number of hydrogen-bond donors (Lipinski definition) is 5. The quantitative estimate of drug-likeness (QED) is 0.112. The summed E-state index contributed by atoms with van der Waals surface area (Å²) in [6.45, 7) is 1.74. The van der Waals surface area contributed by atoms with Gasteiger partial charge in [0.15, 0.2) is 0 Å². The van der Waals surface area contributed by atoms with Crippen LogP contribution in [-0.2, 0) is 20.9 Å². The summed E-state index contributed by atoms with van der Waals surface area (Å²) in [7, 11) is 0. The van der Waals surface area contributed by atoms with Crippen LogP contribution in [0.25, 0.3) is 0 Å². The maximum absolute atomic E-state index is 13.2. The summed E-state index contributed by atoms with van der Waals surface area (Å²) < 4.78 is 0. The van der Waals surface area contributed by atoms with Gasteiger partial charge in [0.2, 0.25) is 11.8 Å². The first kappa shape index (κ1) is 29.7. The number of urea groups is 1. The number of nitrogens with one attached hydrogen (secondary N) is 3. The number of carbonyl (C=O) groups is 4. The van der Waals surface area contributed by atoms with Crippen molar-refractivity contribution in [1.29, 1.82) is 0 Å². The molecule has 1 aromatic rings. The molecular weight excluding hydrogens is 502 g/mol. The van der Waals surface area contributed by atoms with Gasteiger partial charge in [-0.25, -0.2) is 4.79 Å². The first-order valence-electron chi connectivity index (χ1n) is 12.2.